The third-order valence-corrected chi connectivity index (χ3v) is 3.49. The van der Waals surface area contributed by atoms with E-state index in [1.165, 1.54) is 18.2 Å². The average molecular weight is 358 g/mol. The van der Waals surface area contributed by atoms with Gasteiger partial charge in [-0.15, -0.1) is 0 Å². The molecule has 0 spiro atoms. The molecule has 0 aliphatic carbocycles. The molecule has 26 heavy (non-hydrogen) atoms. The van der Waals surface area contributed by atoms with Gasteiger partial charge in [0.05, 0.1) is 0 Å². The van der Waals surface area contributed by atoms with Gasteiger partial charge in [0.2, 0.25) is 0 Å². The topological polar surface area (TPSA) is 67.4 Å². The van der Waals surface area contributed by atoms with E-state index in [0.29, 0.717) is 23.4 Å². The molecule has 0 aliphatic rings. The quantitative estimate of drug-likeness (QED) is 0.851. The predicted octanol–water partition coefficient (Wildman–Crippen LogP) is 4.41. The maximum Gasteiger partial charge on any atom is 0.407 e. The molecule has 0 unspecified atom stereocenters. The molecule has 0 saturated heterocycles. The Kier molecular flexibility index (Phi) is 5.97. The molecule has 0 bridgehead atoms. The molecule has 0 aromatic heterocycles. The number of nitrogens with one attached hydrogen (secondary N) is 2. The van der Waals surface area contributed by atoms with Crippen LogP contribution in [0.4, 0.5) is 14.9 Å². The van der Waals surface area contributed by atoms with Crippen LogP contribution in [0.2, 0.25) is 0 Å². The minimum atomic E-state index is -0.551. The van der Waals surface area contributed by atoms with Crippen molar-refractivity contribution >= 4 is 17.7 Å². The second kappa shape index (κ2) is 7.99. The Hall–Kier alpha value is -2.89. The van der Waals surface area contributed by atoms with Gasteiger partial charge in [-0.25, -0.2) is 9.18 Å². The Balaban J connectivity index is 1.94. The number of benzene rings is 2. The highest BCUT2D eigenvalue weighted by Crippen LogP contribution is 2.17. The maximum absolute atomic E-state index is 13.1. The minimum Gasteiger partial charge on any atom is -0.444 e. The van der Waals surface area contributed by atoms with Gasteiger partial charge in [-0.3, -0.25) is 4.79 Å². The van der Waals surface area contributed by atoms with E-state index in [1.807, 2.05) is 0 Å². The number of alkyl carbamates (subject to hydrolysis) is 1. The van der Waals surface area contributed by atoms with Crippen LogP contribution >= 0.6 is 0 Å². The van der Waals surface area contributed by atoms with Crippen molar-refractivity contribution in [1.29, 1.82) is 0 Å². The fourth-order valence-corrected chi connectivity index (χ4v) is 2.22. The highest BCUT2D eigenvalue weighted by atomic mass is 19.1. The maximum atomic E-state index is 13.1. The Morgan fingerprint density at radius 2 is 1.73 bits per heavy atom. The van der Waals surface area contributed by atoms with Crippen molar-refractivity contribution in [3.8, 4) is 0 Å². The van der Waals surface area contributed by atoms with Gasteiger partial charge in [-0.1, -0.05) is 12.1 Å². The van der Waals surface area contributed by atoms with Gasteiger partial charge < -0.3 is 15.4 Å². The SMILES string of the molecule is Cc1cc(F)ccc1NC(=O)c1ccc(CNC(=O)OC(C)(C)C)cc1. The number of halogens is 1. The summed E-state index contributed by atoms with van der Waals surface area (Å²) in [6, 6.07) is 11.0. The van der Waals surface area contributed by atoms with Crippen LogP contribution in [-0.4, -0.2) is 17.6 Å². The Labute approximate surface area is 152 Å². The molecule has 2 aromatic rings. The summed E-state index contributed by atoms with van der Waals surface area (Å²) in [5.74, 6) is -0.631. The summed E-state index contributed by atoms with van der Waals surface area (Å²) in [5, 5.41) is 5.41. The number of rotatable bonds is 4. The number of ether oxygens (including phenoxy) is 1. The van der Waals surface area contributed by atoms with Crippen molar-refractivity contribution in [2.45, 2.75) is 39.8 Å². The van der Waals surface area contributed by atoms with Crippen LogP contribution in [0.5, 0.6) is 0 Å². The molecule has 0 saturated carbocycles. The summed E-state index contributed by atoms with van der Waals surface area (Å²) in [6.45, 7) is 7.41. The first-order chi connectivity index (χ1) is 12.1. The van der Waals surface area contributed by atoms with Crippen LogP contribution in [-0.2, 0) is 11.3 Å². The molecular weight excluding hydrogens is 335 g/mol. The van der Waals surface area contributed by atoms with Gasteiger partial charge in [0, 0.05) is 17.8 Å². The summed E-state index contributed by atoms with van der Waals surface area (Å²) in [7, 11) is 0. The van der Waals surface area contributed by atoms with Gasteiger partial charge in [0.1, 0.15) is 11.4 Å². The zero-order chi connectivity index (χ0) is 19.3. The summed E-state index contributed by atoms with van der Waals surface area (Å²) >= 11 is 0. The Morgan fingerprint density at radius 3 is 2.31 bits per heavy atom. The molecule has 2 rings (SSSR count). The zero-order valence-corrected chi connectivity index (χ0v) is 15.4. The van der Waals surface area contributed by atoms with Crippen molar-refractivity contribution < 1.29 is 18.7 Å². The van der Waals surface area contributed by atoms with E-state index in [-0.39, 0.29) is 11.7 Å². The van der Waals surface area contributed by atoms with Crippen molar-refractivity contribution in [3.63, 3.8) is 0 Å². The van der Waals surface area contributed by atoms with E-state index in [1.54, 1.807) is 52.0 Å². The Morgan fingerprint density at radius 1 is 1.08 bits per heavy atom. The van der Waals surface area contributed by atoms with Crippen LogP contribution < -0.4 is 10.6 Å². The molecule has 2 amide bonds. The molecule has 138 valence electrons. The van der Waals surface area contributed by atoms with Gasteiger partial charge in [0.15, 0.2) is 0 Å². The van der Waals surface area contributed by atoms with Gasteiger partial charge in [0.25, 0.3) is 5.91 Å². The molecule has 5 nitrogen and oxygen atoms in total. The van der Waals surface area contributed by atoms with Crippen molar-refractivity contribution in [3.05, 3.63) is 65.0 Å². The molecule has 6 heteroatoms. The first-order valence-electron chi connectivity index (χ1n) is 8.27. The number of carbonyl (C=O) groups excluding carboxylic acids is 2. The summed E-state index contributed by atoms with van der Waals surface area (Å²) in [5.41, 5.74) is 1.97. The second-order valence-corrected chi connectivity index (χ2v) is 6.97. The fraction of sp³-hybridized carbons (Fsp3) is 0.300. The van der Waals surface area contributed by atoms with E-state index >= 15 is 0 Å². The molecule has 0 atom stereocenters. The second-order valence-electron chi connectivity index (χ2n) is 6.97. The van der Waals surface area contributed by atoms with Gasteiger partial charge in [-0.05, 0) is 69.2 Å². The van der Waals surface area contributed by atoms with Crippen molar-refractivity contribution in [2.24, 2.45) is 0 Å². The number of carbonyl (C=O) groups is 2. The van der Waals surface area contributed by atoms with E-state index < -0.39 is 11.7 Å². The third-order valence-electron chi connectivity index (χ3n) is 3.49. The lowest BCUT2D eigenvalue weighted by Gasteiger charge is -2.19. The first-order valence-corrected chi connectivity index (χ1v) is 8.27. The largest absolute Gasteiger partial charge is 0.444 e. The van der Waals surface area contributed by atoms with E-state index in [2.05, 4.69) is 10.6 Å². The van der Waals surface area contributed by atoms with Gasteiger partial charge in [-0.2, -0.15) is 0 Å². The van der Waals surface area contributed by atoms with Crippen molar-refractivity contribution in [2.75, 3.05) is 5.32 Å². The predicted molar refractivity (Wildman–Crippen MR) is 98.6 cm³/mol. The highest BCUT2D eigenvalue weighted by molar-refractivity contribution is 6.04. The normalized spacial score (nSPS) is 11.0. The average Bonchev–Trinajstić information content (AvgIpc) is 2.54. The highest BCUT2D eigenvalue weighted by Gasteiger charge is 2.15. The summed E-state index contributed by atoms with van der Waals surface area (Å²) in [4.78, 5) is 23.9. The van der Waals surface area contributed by atoms with Gasteiger partial charge >= 0.3 is 6.09 Å². The van der Waals surface area contributed by atoms with Crippen LogP contribution in [0.15, 0.2) is 42.5 Å². The molecular formula is C20H23FN2O3. The zero-order valence-electron chi connectivity index (χ0n) is 15.4. The number of amides is 2. The lowest BCUT2D eigenvalue weighted by molar-refractivity contribution is 0.0523. The number of aryl methyl sites for hydroxylation is 1. The van der Waals surface area contributed by atoms with E-state index in [9.17, 15) is 14.0 Å². The number of hydrogen-bond acceptors (Lipinski definition) is 3. The monoisotopic (exact) mass is 358 g/mol. The van der Waals surface area contributed by atoms with E-state index in [0.717, 1.165) is 5.56 Å². The molecule has 0 fully saturated rings. The van der Waals surface area contributed by atoms with Crippen LogP contribution in [0, 0.1) is 12.7 Å². The standard InChI is InChI=1S/C20H23FN2O3/c1-13-11-16(21)9-10-17(13)23-18(24)15-7-5-14(6-8-15)12-22-19(25)26-20(2,3)4/h5-11H,12H2,1-4H3,(H,22,25)(H,23,24). The number of hydrogen-bond donors (Lipinski definition) is 2. The molecule has 0 aliphatic heterocycles. The van der Waals surface area contributed by atoms with Crippen LogP contribution in [0.1, 0.15) is 42.3 Å². The lowest BCUT2D eigenvalue weighted by atomic mass is 10.1. The number of anilines is 1. The third kappa shape index (κ3) is 5.88. The molecule has 0 radical (unpaired) electrons. The van der Waals surface area contributed by atoms with E-state index in [4.69, 9.17) is 4.74 Å². The van der Waals surface area contributed by atoms with Crippen LogP contribution in [0.25, 0.3) is 0 Å². The smallest absolute Gasteiger partial charge is 0.407 e. The molecule has 2 aromatic carbocycles. The first kappa shape index (κ1) is 19.4. The minimum absolute atomic E-state index is 0.286. The fourth-order valence-electron chi connectivity index (χ4n) is 2.22. The molecule has 0 heterocycles. The van der Waals surface area contributed by atoms with Crippen LogP contribution in [0.3, 0.4) is 0 Å². The lowest BCUT2D eigenvalue weighted by Crippen LogP contribution is -2.32. The van der Waals surface area contributed by atoms with Crippen molar-refractivity contribution in [1.82, 2.24) is 5.32 Å². The Bertz CT molecular complexity index is 796. The molecule has 2 N–H and O–H groups in total. The summed E-state index contributed by atoms with van der Waals surface area (Å²) < 4.78 is 18.3. The summed E-state index contributed by atoms with van der Waals surface area (Å²) in [6.07, 6.45) is -0.494.